The van der Waals surface area contributed by atoms with E-state index in [0.29, 0.717) is 6.42 Å². The molecule has 2 atom stereocenters. The summed E-state index contributed by atoms with van der Waals surface area (Å²) in [5.74, 6) is -1.66. The van der Waals surface area contributed by atoms with Gasteiger partial charge in [0.25, 0.3) is 5.97 Å². The van der Waals surface area contributed by atoms with Crippen LogP contribution in [0, 0.1) is 11.8 Å². The van der Waals surface area contributed by atoms with Gasteiger partial charge in [-0.1, -0.05) is 70.3 Å². The Kier molecular flexibility index (Phi) is 11.0. The molecule has 1 fully saturated rings. The van der Waals surface area contributed by atoms with Crippen LogP contribution < -0.4 is 0 Å². The highest BCUT2D eigenvalue weighted by Crippen LogP contribution is 2.38. The second-order valence-corrected chi connectivity index (χ2v) is 7.56. The van der Waals surface area contributed by atoms with Crippen molar-refractivity contribution in [2.45, 2.75) is 95.9 Å². The van der Waals surface area contributed by atoms with Gasteiger partial charge in [-0.15, -0.1) is 0 Å². The molecule has 0 aliphatic heterocycles. The van der Waals surface area contributed by atoms with Gasteiger partial charge in [0.05, 0.1) is 0 Å². The highest BCUT2D eigenvalue weighted by Gasteiger charge is 2.25. The average molecular weight is 357 g/mol. The summed E-state index contributed by atoms with van der Waals surface area (Å²) in [5.41, 5.74) is 0. The third-order valence-electron chi connectivity index (χ3n) is 5.36. The van der Waals surface area contributed by atoms with E-state index in [4.69, 9.17) is 20.4 Å². The molecular weight excluding hydrogens is 320 g/mol. The fourth-order valence-corrected chi connectivity index (χ4v) is 4.03. The van der Waals surface area contributed by atoms with E-state index in [1.165, 1.54) is 57.4 Å². The van der Waals surface area contributed by atoms with Crippen molar-refractivity contribution in [1.29, 1.82) is 0 Å². The Labute approximate surface area is 151 Å². The molecule has 1 saturated carbocycles. The van der Waals surface area contributed by atoms with Crippen LogP contribution in [0.15, 0.2) is 12.2 Å². The SMILES string of the molecule is O=C(O)C=CCCCC[C@H]1CCC[C@@H]1CCCCCCCC(O)(O)O. The van der Waals surface area contributed by atoms with Crippen LogP contribution in [0.2, 0.25) is 0 Å². The summed E-state index contributed by atoms with van der Waals surface area (Å²) < 4.78 is 0. The van der Waals surface area contributed by atoms with E-state index >= 15 is 0 Å². The van der Waals surface area contributed by atoms with Crippen molar-refractivity contribution < 1.29 is 25.2 Å². The van der Waals surface area contributed by atoms with Crippen molar-refractivity contribution in [2.24, 2.45) is 11.8 Å². The Morgan fingerprint density at radius 3 is 2.04 bits per heavy atom. The molecule has 0 amide bonds. The van der Waals surface area contributed by atoms with Crippen LogP contribution in [0.5, 0.6) is 0 Å². The van der Waals surface area contributed by atoms with Gasteiger partial charge in [0, 0.05) is 12.5 Å². The Morgan fingerprint density at radius 1 is 0.880 bits per heavy atom. The highest BCUT2D eigenvalue weighted by molar-refractivity contribution is 5.79. The molecule has 0 radical (unpaired) electrons. The molecule has 0 spiro atoms. The zero-order valence-corrected chi connectivity index (χ0v) is 15.4. The third-order valence-corrected chi connectivity index (χ3v) is 5.36. The maximum Gasteiger partial charge on any atom is 0.327 e. The topological polar surface area (TPSA) is 98.0 Å². The second kappa shape index (κ2) is 12.4. The number of unbranched alkanes of at least 4 members (excludes halogenated alkanes) is 6. The number of hydrogen-bond acceptors (Lipinski definition) is 4. The maximum atomic E-state index is 10.4. The van der Waals surface area contributed by atoms with E-state index in [1.54, 1.807) is 6.08 Å². The Balaban J connectivity index is 2.02. The first kappa shape index (κ1) is 22.1. The molecule has 0 unspecified atom stereocenters. The lowest BCUT2D eigenvalue weighted by Crippen LogP contribution is -2.26. The number of carboxylic acids is 1. The number of aliphatic carboxylic acids is 1. The van der Waals surface area contributed by atoms with Gasteiger partial charge < -0.3 is 20.4 Å². The smallest absolute Gasteiger partial charge is 0.327 e. The molecule has 5 heteroatoms. The van der Waals surface area contributed by atoms with E-state index in [1.807, 2.05) is 0 Å². The zero-order valence-electron chi connectivity index (χ0n) is 15.4. The molecular formula is C20H36O5. The van der Waals surface area contributed by atoms with Gasteiger partial charge in [-0.05, 0) is 31.1 Å². The van der Waals surface area contributed by atoms with E-state index in [9.17, 15) is 4.79 Å². The van der Waals surface area contributed by atoms with Crippen LogP contribution >= 0.6 is 0 Å². The summed E-state index contributed by atoms with van der Waals surface area (Å²) in [6, 6.07) is 0. The van der Waals surface area contributed by atoms with Crippen LogP contribution in [0.3, 0.4) is 0 Å². The molecule has 0 aromatic carbocycles. The van der Waals surface area contributed by atoms with E-state index in [0.717, 1.165) is 37.5 Å². The lowest BCUT2D eigenvalue weighted by molar-refractivity contribution is -0.315. The first-order valence-electron chi connectivity index (χ1n) is 9.95. The van der Waals surface area contributed by atoms with Gasteiger partial charge in [-0.25, -0.2) is 4.79 Å². The third kappa shape index (κ3) is 12.1. The van der Waals surface area contributed by atoms with Crippen LogP contribution in [-0.4, -0.2) is 32.4 Å². The van der Waals surface area contributed by atoms with Crippen molar-refractivity contribution in [3.63, 3.8) is 0 Å². The summed E-state index contributed by atoms with van der Waals surface area (Å²) in [7, 11) is 0. The quantitative estimate of drug-likeness (QED) is 0.214. The van der Waals surface area contributed by atoms with Crippen molar-refractivity contribution in [3.05, 3.63) is 12.2 Å². The Bertz CT molecular complexity index is 386. The predicted octanol–water partition coefficient (Wildman–Crippen LogP) is 3.97. The van der Waals surface area contributed by atoms with Gasteiger partial charge in [0.1, 0.15) is 0 Å². The molecule has 146 valence electrons. The summed E-state index contributed by atoms with van der Waals surface area (Å²) in [5, 5.41) is 35.0. The molecule has 0 bridgehead atoms. The number of carbonyl (C=O) groups is 1. The lowest BCUT2D eigenvalue weighted by Gasteiger charge is -2.19. The van der Waals surface area contributed by atoms with E-state index in [-0.39, 0.29) is 6.42 Å². The minimum absolute atomic E-state index is 0.0271. The number of aliphatic hydroxyl groups is 3. The van der Waals surface area contributed by atoms with Crippen molar-refractivity contribution >= 4 is 5.97 Å². The first-order chi connectivity index (χ1) is 11.9. The fourth-order valence-electron chi connectivity index (χ4n) is 4.03. The molecule has 5 nitrogen and oxygen atoms in total. The molecule has 1 rings (SSSR count). The first-order valence-corrected chi connectivity index (χ1v) is 9.95. The van der Waals surface area contributed by atoms with Gasteiger partial charge in [0.2, 0.25) is 0 Å². The predicted molar refractivity (Wildman–Crippen MR) is 97.8 cm³/mol. The minimum Gasteiger partial charge on any atom is -0.478 e. The summed E-state index contributed by atoms with van der Waals surface area (Å²) in [4.78, 5) is 10.4. The minimum atomic E-state index is -2.50. The molecule has 0 saturated heterocycles. The van der Waals surface area contributed by atoms with Crippen LogP contribution in [0.4, 0.5) is 0 Å². The van der Waals surface area contributed by atoms with E-state index < -0.39 is 11.9 Å². The van der Waals surface area contributed by atoms with Gasteiger partial charge >= 0.3 is 5.97 Å². The number of carboxylic acid groups (broad SMARTS) is 1. The van der Waals surface area contributed by atoms with Gasteiger partial charge in [0.15, 0.2) is 0 Å². The Morgan fingerprint density at radius 2 is 1.44 bits per heavy atom. The molecule has 1 aliphatic rings. The van der Waals surface area contributed by atoms with Gasteiger partial charge in [-0.3, -0.25) is 0 Å². The normalized spacial score (nSPS) is 21.2. The molecule has 1 aliphatic carbocycles. The monoisotopic (exact) mass is 356 g/mol. The van der Waals surface area contributed by atoms with Crippen LogP contribution in [0.1, 0.15) is 89.9 Å². The molecule has 0 aromatic heterocycles. The Hall–Kier alpha value is -0.910. The summed E-state index contributed by atoms with van der Waals surface area (Å²) in [6.45, 7) is 0. The van der Waals surface area contributed by atoms with Crippen LogP contribution in [0.25, 0.3) is 0 Å². The zero-order chi connectivity index (χ0) is 18.5. The van der Waals surface area contributed by atoms with Crippen molar-refractivity contribution in [1.82, 2.24) is 0 Å². The van der Waals surface area contributed by atoms with Crippen molar-refractivity contribution in [2.75, 3.05) is 0 Å². The van der Waals surface area contributed by atoms with E-state index in [2.05, 4.69) is 0 Å². The highest BCUT2D eigenvalue weighted by atomic mass is 16.7. The molecule has 0 aromatic rings. The molecule has 0 heterocycles. The van der Waals surface area contributed by atoms with Crippen molar-refractivity contribution in [3.8, 4) is 0 Å². The largest absolute Gasteiger partial charge is 0.478 e. The molecule has 4 N–H and O–H groups in total. The summed E-state index contributed by atoms with van der Waals surface area (Å²) in [6.07, 6.45) is 17.9. The summed E-state index contributed by atoms with van der Waals surface area (Å²) >= 11 is 0. The van der Waals surface area contributed by atoms with Crippen LogP contribution in [-0.2, 0) is 4.79 Å². The molecule has 25 heavy (non-hydrogen) atoms. The average Bonchev–Trinajstić information content (AvgIpc) is 2.96. The lowest BCUT2D eigenvalue weighted by atomic mass is 9.87. The van der Waals surface area contributed by atoms with Gasteiger partial charge in [-0.2, -0.15) is 0 Å². The second-order valence-electron chi connectivity index (χ2n) is 7.56. The number of allylic oxidation sites excluding steroid dienone is 1. The fraction of sp³-hybridized carbons (Fsp3) is 0.850. The number of rotatable bonds is 14. The maximum absolute atomic E-state index is 10.4. The standard InChI is InChI=1S/C20H36O5/c21-19(22)15-8-4-3-7-12-18-14-10-13-17(18)11-6-2-1-5-9-16-20(23,24)25/h8,15,17-18,23-25H,1-7,9-14,16H2,(H,21,22)/t17-,18-/m0/s1. The number of hydrogen-bond donors (Lipinski definition) is 4.